The Balaban J connectivity index is 1.84. The highest BCUT2D eigenvalue weighted by Crippen LogP contribution is 2.18. The smallest absolute Gasteiger partial charge is 0.224 e. The molecule has 0 aliphatic heterocycles. The third-order valence-electron chi connectivity index (χ3n) is 4.35. The van der Waals surface area contributed by atoms with E-state index >= 15 is 0 Å². The van der Waals surface area contributed by atoms with E-state index in [2.05, 4.69) is 24.1 Å². The van der Waals surface area contributed by atoms with Gasteiger partial charge in [-0.3, -0.25) is 9.59 Å². The van der Waals surface area contributed by atoms with Crippen LogP contribution >= 0.6 is 0 Å². The highest BCUT2D eigenvalue weighted by atomic mass is 16.5. The first-order chi connectivity index (χ1) is 13.1. The van der Waals surface area contributed by atoms with E-state index in [9.17, 15) is 9.59 Å². The number of ether oxygens (including phenoxy) is 1. The molecule has 27 heavy (non-hydrogen) atoms. The molecule has 144 valence electrons. The van der Waals surface area contributed by atoms with Crippen LogP contribution in [0.5, 0.6) is 5.75 Å². The van der Waals surface area contributed by atoms with Crippen molar-refractivity contribution in [1.82, 2.24) is 0 Å². The van der Waals surface area contributed by atoms with Crippen LogP contribution in [-0.4, -0.2) is 31.4 Å². The van der Waals surface area contributed by atoms with Crippen LogP contribution in [0, 0.1) is 0 Å². The number of nitrogens with zero attached hydrogens (tertiary/aromatic N) is 1. The van der Waals surface area contributed by atoms with E-state index in [1.54, 1.807) is 24.3 Å². The van der Waals surface area contributed by atoms with Gasteiger partial charge in [-0.15, -0.1) is 0 Å². The van der Waals surface area contributed by atoms with E-state index in [1.165, 1.54) is 0 Å². The summed E-state index contributed by atoms with van der Waals surface area (Å²) in [6.45, 7) is 8.60. The second-order valence-electron chi connectivity index (χ2n) is 6.15. The van der Waals surface area contributed by atoms with E-state index in [0.717, 1.165) is 30.2 Å². The maximum absolute atomic E-state index is 12.2. The zero-order chi connectivity index (χ0) is 19.6. The summed E-state index contributed by atoms with van der Waals surface area (Å²) in [5, 5.41) is 2.85. The highest BCUT2D eigenvalue weighted by Gasteiger charge is 2.10. The van der Waals surface area contributed by atoms with Gasteiger partial charge >= 0.3 is 0 Å². The van der Waals surface area contributed by atoms with Gasteiger partial charge in [-0.2, -0.15) is 0 Å². The highest BCUT2D eigenvalue weighted by molar-refractivity contribution is 6.00. The monoisotopic (exact) mass is 368 g/mol. The van der Waals surface area contributed by atoms with Gasteiger partial charge in [0.25, 0.3) is 0 Å². The zero-order valence-electron chi connectivity index (χ0n) is 16.3. The third-order valence-corrected chi connectivity index (χ3v) is 4.35. The number of rotatable bonds is 10. The predicted octanol–water partition coefficient (Wildman–Crippen LogP) is 4.53. The summed E-state index contributed by atoms with van der Waals surface area (Å²) in [6, 6.07) is 14.8. The molecule has 1 N–H and O–H groups in total. The van der Waals surface area contributed by atoms with Crippen LogP contribution < -0.4 is 15.0 Å². The molecule has 2 rings (SSSR count). The molecule has 2 aromatic carbocycles. The van der Waals surface area contributed by atoms with Crippen LogP contribution in [0.1, 0.15) is 44.0 Å². The summed E-state index contributed by atoms with van der Waals surface area (Å²) in [5.74, 6) is 0.523. The van der Waals surface area contributed by atoms with Gasteiger partial charge in [0, 0.05) is 42.9 Å². The molecule has 0 fully saturated rings. The number of nitrogens with one attached hydrogen (secondary N) is 1. The number of hydrogen-bond donors (Lipinski definition) is 1. The number of ketones is 1. The molecular formula is C22H28N2O3. The minimum Gasteiger partial charge on any atom is -0.494 e. The van der Waals surface area contributed by atoms with Crippen LogP contribution in [0.2, 0.25) is 0 Å². The first kappa shape index (κ1) is 20.5. The van der Waals surface area contributed by atoms with E-state index < -0.39 is 0 Å². The lowest BCUT2D eigenvalue weighted by Gasteiger charge is -2.21. The normalized spacial score (nSPS) is 10.3. The minimum absolute atomic E-state index is 0.0509. The van der Waals surface area contributed by atoms with Crippen molar-refractivity contribution in [2.75, 3.05) is 29.9 Å². The van der Waals surface area contributed by atoms with Crippen molar-refractivity contribution in [3.63, 3.8) is 0 Å². The van der Waals surface area contributed by atoms with Gasteiger partial charge < -0.3 is 15.0 Å². The molecule has 0 unspecified atom stereocenters. The summed E-state index contributed by atoms with van der Waals surface area (Å²) < 4.78 is 5.36. The van der Waals surface area contributed by atoms with Gasteiger partial charge in [-0.25, -0.2) is 0 Å². The molecule has 0 spiro atoms. The van der Waals surface area contributed by atoms with Gasteiger partial charge in [0.2, 0.25) is 5.91 Å². The summed E-state index contributed by atoms with van der Waals surface area (Å²) in [6.07, 6.45) is 0.335. The second kappa shape index (κ2) is 10.4. The van der Waals surface area contributed by atoms with Crippen molar-refractivity contribution in [3.8, 4) is 5.75 Å². The standard InChI is InChI=1S/C22H28N2O3/c1-4-24(5-2)19-11-9-18(10-12-19)23-22(26)16-15-21(25)17-7-13-20(14-8-17)27-6-3/h7-14H,4-6,15-16H2,1-3H3,(H,23,26). The Morgan fingerprint density at radius 1 is 0.889 bits per heavy atom. The summed E-state index contributed by atoms with van der Waals surface area (Å²) in [5.41, 5.74) is 2.46. The fourth-order valence-corrected chi connectivity index (χ4v) is 2.84. The molecule has 0 saturated carbocycles. The van der Waals surface area contributed by atoms with Crippen LogP contribution in [0.3, 0.4) is 0 Å². The topological polar surface area (TPSA) is 58.6 Å². The van der Waals surface area contributed by atoms with Gasteiger partial charge in [-0.05, 0) is 69.3 Å². The van der Waals surface area contributed by atoms with Gasteiger partial charge in [0.05, 0.1) is 6.61 Å². The molecular weight excluding hydrogens is 340 g/mol. The summed E-state index contributed by atoms with van der Waals surface area (Å²) in [4.78, 5) is 26.6. The number of hydrogen-bond acceptors (Lipinski definition) is 4. The first-order valence-corrected chi connectivity index (χ1v) is 9.48. The summed E-state index contributed by atoms with van der Waals surface area (Å²) in [7, 11) is 0. The van der Waals surface area contributed by atoms with Crippen LogP contribution in [0.25, 0.3) is 0 Å². The fraction of sp³-hybridized carbons (Fsp3) is 0.364. The lowest BCUT2D eigenvalue weighted by molar-refractivity contribution is -0.116. The van der Waals surface area contributed by atoms with Crippen molar-refractivity contribution in [1.29, 1.82) is 0 Å². The first-order valence-electron chi connectivity index (χ1n) is 9.48. The molecule has 0 heterocycles. The molecule has 0 bridgehead atoms. The Bertz CT molecular complexity index is 735. The SMILES string of the molecule is CCOc1ccc(C(=O)CCC(=O)Nc2ccc(N(CC)CC)cc2)cc1. The molecule has 0 radical (unpaired) electrons. The van der Waals surface area contributed by atoms with E-state index in [0.29, 0.717) is 12.2 Å². The molecule has 5 heteroatoms. The Morgan fingerprint density at radius 2 is 1.52 bits per heavy atom. The van der Waals surface area contributed by atoms with Gasteiger partial charge in [0.15, 0.2) is 5.78 Å². The van der Waals surface area contributed by atoms with E-state index in [-0.39, 0.29) is 24.5 Å². The Morgan fingerprint density at radius 3 is 2.07 bits per heavy atom. The number of amides is 1. The predicted molar refractivity (Wildman–Crippen MR) is 110 cm³/mol. The molecule has 0 aliphatic carbocycles. The lowest BCUT2D eigenvalue weighted by Crippen LogP contribution is -2.21. The number of anilines is 2. The minimum atomic E-state index is -0.162. The Kier molecular flexibility index (Phi) is 7.86. The number of carbonyl (C=O) groups excluding carboxylic acids is 2. The Hall–Kier alpha value is -2.82. The van der Waals surface area contributed by atoms with E-state index in [1.807, 2.05) is 31.2 Å². The second-order valence-corrected chi connectivity index (χ2v) is 6.15. The number of carbonyl (C=O) groups is 2. The average Bonchev–Trinajstić information content (AvgIpc) is 2.69. The quantitative estimate of drug-likeness (QED) is 0.626. The zero-order valence-corrected chi connectivity index (χ0v) is 16.3. The van der Waals surface area contributed by atoms with Crippen molar-refractivity contribution in [3.05, 3.63) is 54.1 Å². The van der Waals surface area contributed by atoms with Crippen LogP contribution in [0.15, 0.2) is 48.5 Å². The molecule has 1 amide bonds. The molecule has 0 aromatic heterocycles. The summed E-state index contributed by atoms with van der Waals surface area (Å²) >= 11 is 0. The maximum atomic E-state index is 12.2. The van der Waals surface area contributed by atoms with E-state index in [4.69, 9.17) is 4.74 Å². The molecule has 0 saturated heterocycles. The van der Waals surface area contributed by atoms with Gasteiger partial charge in [-0.1, -0.05) is 0 Å². The van der Waals surface area contributed by atoms with Crippen molar-refractivity contribution < 1.29 is 14.3 Å². The number of Topliss-reactive ketones (excluding diaryl/α,β-unsaturated/α-hetero) is 1. The van der Waals surface area contributed by atoms with Crippen molar-refractivity contribution in [2.24, 2.45) is 0 Å². The van der Waals surface area contributed by atoms with Crippen LogP contribution in [0.4, 0.5) is 11.4 Å². The Labute approximate surface area is 161 Å². The molecule has 0 atom stereocenters. The molecule has 2 aromatic rings. The maximum Gasteiger partial charge on any atom is 0.224 e. The third kappa shape index (κ3) is 6.13. The van der Waals surface area contributed by atoms with Crippen molar-refractivity contribution >= 4 is 23.1 Å². The van der Waals surface area contributed by atoms with Gasteiger partial charge in [0.1, 0.15) is 5.75 Å². The number of benzene rings is 2. The fourth-order valence-electron chi connectivity index (χ4n) is 2.84. The van der Waals surface area contributed by atoms with Crippen molar-refractivity contribution in [2.45, 2.75) is 33.6 Å². The largest absolute Gasteiger partial charge is 0.494 e. The van der Waals surface area contributed by atoms with Crippen LogP contribution in [-0.2, 0) is 4.79 Å². The molecule has 0 aliphatic rings. The average molecular weight is 368 g/mol. The molecule has 5 nitrogen and oxygen atoms in total. The lowest BCUT2D eigenvalue weighted by atomic mass is 10.1.